The Morgan fingerprint density at radius 3 is 2.48 bits per heavy atom. The Morgan fingerprint density at radius 2 is 1.92 bits per heavy atom. The Balaban J connectivity index is 0.000000251. The van der Waals surface area contributed by atoms with Crippen LogP contribution in [0.1, 0.15) is 38.2 Å². The quantitative estimate of drug-likeness (QED) is 0.398. The number of nitrogens with zero attached hydrogens (tertiary/aromatic N) is 2. The van der Waals surface area contributed by atoms with Gasteiger partial charge in [0.15, 0.2) is 11.5 Å². The predicted octanol–water partition coefficient (Wildman–Crippen LogP) is 3.44. The lowest BCUT2D eigenvalue weighted by molar-refractivity contribution is -0.131. The minimum Gasteiger partial charge on any atom is -0.504 e. The molecule has 0 unspecified atom stereocenters. The molecule has 6 nitrogen and oxygen atoms in total. The molecule has 0 spiro atoms. The third-order valence-electron chi connectivity index (χ3n) is 3.65. The van der Waals surface area contributed by atoms with Gasteiger partial charge in [-0.2, -0.15) is 0 Å². The smallest absolute Gasteiger partial charge is 0.328 e. The van der Waals surface area contributed by atoms with E-state index >= 15 is 0 Å². The lowest BCUT2D eigenvalue weighted by Crippen LogP contribution is -2.23. The summed E-state index contributed by atoms with van der Waals surface area (Å²) < 4.78 is 0. The molecule has 0 aliphatic carbocycles. The molecule has 2 rings (SSSR count). The zero-order valence-corrected chi connectivity index (χ0v) is 14.9. The van der Waals surface area contributed by atoms with Crippen LogP contribution in [0.4, 0.5) is 0 Å². The number of phenolic OH excluding ortho intramolecular Hbond substituents is 2. The molecule has 25 heavy (non-hydrogen) atoms. The second-order valence-electron chi connectivity index (χ2n) is 5.99. The van der Waals surface area contributed by atoms with Crippen molar-refractivity contribution < 1.29 is 20.1 Å². The lowest BCUT2D eigenvalue weighted by atomic mass is 10.2. The Labute approximate surface area is 149 Å². The second kappa shape index (κ2) is 11.0. The number of aliphatic carboxylic acids is 1. The molecule has 6 heteroatoms. The molecule has 0 amide bonds. The summed E-state index contributed by atoms with van der Waals surface area (Å²) in [6.45, 7) is 4.55. The van der Waals surface area contributed by atoms with Crippen LogP contribution in [0.5, 0.6) is 11.5 Å². The fourth-order valence-electron chi connectivity index (χ4n) is 2.29. The molecule has 0 radical (unpaired) electrons. The molecule has 1 aromatic carbocycles. The van der Waals surface area contributed by atoms with Crippen molar-refractivity contribution in [3.8, 4) is 11.5 Å². The molecule has 1 aliphatic rings. The van der Waals surface area contributed by atoms with Gasteiger partial charge in [-0.15, -0.1) is 0 Å². The molecule has 3 N–H and O–H groups in total. The molecule has 0 fully saturated rings. The highest BCUT2D eigenvalue weighted by atomic mass is 16.4. The third-order valence-corrected chi connectivity index (χ3v) is 3.65. The van der Waals surface area contributed by atoms with Crippen LogP contribution in [0.2, 0.25) is 0 Å². The number of benzene rings is 1. The van der Waals surface area contributed by atoms with Gasteiger partial charge in [-0.1, -0.05) is 32.3 Å². The SMILES string of the molecule is CCCCCCN1C=CN(C)C1.O=C(O)/C=C/c1ccc(O)c(O)c1. The van der Waals surface area contributed by atoms with Gasteiger partial charge in [0, 0.05) is 32.1 Å². The van der Waals surface area contributed by atoms with Crippen molar-refractivity contribution in [2.75, 3.05) is 20.3 Å². The van der Waals surface area contributed by atoms with Gasteiger partial charge in [0.25, 0.3) is 0 Å². The average molecular weight is 348 g/mol. The maximum absolute atomic E-state index is 10.1. The van der Waals surface area contributed by atoms with E-state index in [2.05, 4.69) is 36.2 Å². The standard InChI is InChI=1S/C10H20N2.C9H8O4/c1-3-4-5-6-7-12-9-8-11(2)10-12;10-7-3-1-6(5-8(7)11)2-4-9(12)13/h8-9H,3-7,10H2,1-2H3;1-5,10-11H,(H,12,13)/b;4-2+. The first-order chi connectivity index (χ1) is 11.9. The second-order valence-corrected chi connectivity index (χ2v) is 5.99. The van der Waals surface area contributed by atoms with Crippen LogP contribution in [0.15, 0.2) is 36.7 Å². The van der Waals surface area contributed by atoms with Gasteiger partial charge in [-0.3, -0.25) is 0 Å². The molecule has 1 aromatic rings. The van der Waals surface area contributed by atoms with E-state index in [1.165, 1.54) is 56.5 Å². The highest BCUT2D eigenvalue weighted by Crippen LogP contribution is 2.25. The van der Waals surface area contributed by atoms with E-state index in [1.54, 1.807) is 0 Å². The van der Waals surface area contributed by atoms with Crippen LogP contribution in [0.3, 0.4) is 0 Å². The number of carboxylic acid groups (broad SMARTS) is 1. The Morgan fingerprint density at radius 1 is 1.16 bits per heavy atom. The Hall–Kier alpha value is -2.63. The van der Waals surface area contributed by atoms with E-state index in [-0.39, 0.29) is 11.5 Å². The van der Waals surface area contributed by atoms with Crippen molar-refractivity contribution in [2.24, 2.45) is 0 Å². The van der Waals surface area contributed by atoms with Gasteiger partial charge >= 0.3 is 5.97 Å². The summed E-state index contributed by atoms with van der Waals surface area (Å²) in [5, 5.41) is 26.3. The average Bonchev–Trinajstić information content (AvgIpc) is 2.99. The van der Waals surface area contributed by atoms with Gasteiger partial charge in [-0.25, -0.2) is 4.79 Å². The molecule has 0 aromatic heterocycles. The number of aromatic hydroxyl groups is 2. The molecule has 0 saturated heterocycles. The van der Waals surface area contributed by atoms with Crippen molar-refractivity contribution in [2.45, 2.75) is 32.6 Å². The number of phenols is 2. The third kappa shape index (κ3) is 8.69. The normalized spacial score (nSPS) is 13.2. The molecule has 0 bridgehead atoms. The highest BCUT2D eigenvalue weighted by molar-refractivity contribution is 5.85. The van der Waals surface area contributed by atoms with Crippen LogP contribution < -0.4 is 0 Å². The van der Waals surface area contributed by atoms with E-state index in [0.717, 1.165) is 12.7 Å². The first-order valence-electron chi connectivity index (χ1n) is 8.48. The van der Waals surface area contributed by atoms with Gasteiger partial charge < -0.3 is 25.1 Å². The van der Waals surface area contributed by atoms with Gasteiger partial charge in [-0.05, 0) is 30.2 Å². The van der Waals surface area contributed by atoms with E-state index in [9.17, 15) is 4.79 Å². The van der Waals surface area contributed by atoms with Crippen LogP contribution in [-0.2, 0) is 4.79 Å². The van der Waals surface area contributed by atoms with E-state index < -0.39 is 5.97 Å². The van der Waals surface area contributed by atoms with Crippen LogP contribution in [0, 0.1) is 0 Å². The number of carboxylic acids is 1. The molecular weight excluding hydrogens is 320 g/mol. The Bertz CT molecular complexity index is 599. The molecule has 0 atom stereocenters. The number of carbonyl (C=O) groups is 1. The molecule has 138 valence electrons. The van der Waals surface area contributed by atoms with Gasteiger partial charge in [0.05, 0.1) is 6.67 Å². The zero-order chi connectivity index (χ0) is 18.7. The first kappa shape index (κ1) is 20.4. The number of rotatable bonds is 7. The van der Waals surface area contributed by atoms with Crippen LogP contribution in [0.25, 0.3) is 6.08 Å². The van der Waals surface area contributed by atoms with Gasteiger partial charge in [0.2, 0.25) is 0 Å². The first-order valence-corrected chi connectivity index (χ1v) is 8.48. The maximum Gasteiger partial charge on any atom is 0.328 e. The summed E-state index contributed by atoms with van der Waals surface area (Å²) in [5.41, 5.74) is 0.512. The topological polar surface area (TPSA) is 84.2 Å². The van der Waals surface area contributed by atoms with Crippen LogP contribution in [-0.4, -0.2) is 51.3 Å². The molecule has 1 aliphatic heterocycles. The van der Waals surface area contributed by atoms with Crippen molar-refractivity contribution in [3.63, 3.8) is 0 Å². The molecular formula is C19H28N2O4. The molecule has 1 heterocycles. The van der Waals surface area contributed by atoms with E-state index in [0.29, 0.717) is 5.56 Å². The number of hydrogen-bond donors (Lipinski definition) is 3. The summed E-state index contributed by atoms with van der Waals surface area (Å²) >= 11 is 0. The van der Waals surface area contributed by atoms with Crippen molar-refractivity contribution in [1.29, 1.82) is 0 Å². The number of unbranched alkanes of at least 4 members (excludes halogenated alkanes) is 3. The van der Waals surface area contributed by atoms with Crippen molar-refractivity contribution >= 4 is 12.0 Å². The minimum absolute atomic E-state index is 0.229. The summed E-state index contributed by atoms with van der Waals surface area (Å²) in [6.07, 6.45) is 12.0. The summed E-state index contributed by atoms with van der Waals surface area (Å²) in [4.78, 5) is 14.7. The lowest BCUT2D eigenvalue weighted by Gasteiger charge is -2.17. The number of hydrogen-bond acceptors (Lipinski definition) is 5. The van der Waals surface area contributed by atoms with E-state index in [1.807, 2.05) is 0 Å². The molecule has 0 saturated carbocycles. The minimum atomic E-state index is -1.06. The highest BCUT2D eigenvalue weighted by Gasteiger charge is 2.06. The fourth-order valence-corrected chi connectivity index (χ4v) is 2.29. The monoisotopic (exact) mass is 348 g/mol. The van der Waals surface area contributed by atoms with Crippen molar-refractivity contribution in [1.82, 2.24) is 9.80 Å². The fraction of sp³-hybridized carbons (Fsp3) is 0.421. The predicted molar refractivity (Wildman–Crippen MR) is 99.1 cm³/mol. The van der Waals surface area contributed by atoms with Crippen LogP contribution >= 0.6 is 0 Å². The Kier molecular flexibility index (Phi) is 9.00. The maximum atomic E-state index is 10.1. The zero-order valence-electron chi connectivity index (χ0n) is 14.9. The summed E-state index contributed by atoms with van der Waals surface area (Å²) in [7, 11) is 2.11. The summed E-state index contributed by atoms with van der Waals surface area (Å²) in [6, 6.07) is 4.06. The largest absolute Gasteiger partial charge is 0.504 e. The van der Waals surface area contributed by atoms with E-state index in [4.69, 9.17) is 15.3 Å². The summed E-state index contributed by atoms with van der Waals surface area (Å²) in [5.74, 6) is -1.56. The van der Waals surface area contributed by atoms with Gasteiger partial charge in [0.1, 0.15) is 0 Å². The van der Waals surface area contributed by atoms with Crippen molar-refractivity contribution in [3.05, 3.63) is 42.2 Å².